The first kappa shape index (κ1) is 20.7. The second-order valence-electron chi connectivity index (χ2n) is 6.20. The van der Waals surface area contributed by atoms with Crippen LogP contribution in [0.1, 0.15) is 22.4 Å². The molecule has 0 unspecified atom stereocenters. The van der Waals surface area contributed by atoms with E-state index in [-0.39, 0.29) is 13.2 Å². The molecule has 1 N–H and O–H groups in total. The highest BCUT2D eigenvalue weighted by molar-refractivity contribution is 7.10. The number of thiophene rings is 1. The molecule has 1 heterocycles. The molecule has 0 atom stereocenters. The molecule has 0 aliphatic carbocycles. The molecule has 0 saturated carbocycles. The van der Waals surface area contributed by atoms with Gasteiger partial charge in [-0.05, 0) is 59.2 Å². The average molecular weight is 427 g/mol. The molecule has 148 valence electrons. The first-order valence-electron chi connectivity index (χ1n) is 8.66. The lowest BCUT2D eigenvalue weighted by molar-refractivity contribution is 0.272. The Labute approximate surface area is 170 Å². The molecule has 0 fully saturated rings. The third-order valence-electron chi connectivity index (χ3n) is 4.30. The van der Waals surface area contributed by atoms with Gasteiger partial charge in [-0.15, -0.1) is 11.3 Å². The Balaban J connectivity index is 1.85. The van der Waals surface area contributed by atoms with Crippen LogP contribution in [0, 0.1) is 11.6 Å². The maximum Gasteiger partial charge on any atom is 0.191 e. The van der Waals surface area contributed by atoms with Crippen molar-refractivity contribution >= 4 is 22.9 Å². The topological polar surface area (TPSA) is 29.5 Å². The fraction of sp³-hybridized carbons (Fsp3) is 0.238. The summed E-state index contributed by atoms with van der Waals surface area (Å²) in [5.74, 6) is -2.14. The number of halogens is 4. The van der Waals surface area contributed by atoms with Crippen LogP contribution in [0.2, 0.25) is 5.02 Å². The summed E-state index contributed by atoms with van der Waals surface area (Å²) < 4.78 is 47.4. The number of aliphatic hydroxyl groups is 1. The minimum absolute atomic E-state index is 0.0564. The Kier molecular flexibility index (Phi) is 6.99. The minimum atomic E-state index is -0.821. The zero-order valence-electron chi connectivity index (χ0n) is 14.9. The number of benzene rings is 2. The van der Waals surface area contributed by atoms with Gasteiger partial charge in [0.2, 0.25) is 0 Å². The molecule has 0 saturated heterocycles. The summed E-state index contributed by atoms with van der Waals surface area (Å²) in [5.41, 5.74) is 2.56. The van der Waals surface area contributed by atoms with Gasteiger partial charge in [-0.3, -0.25) is 0 Å². The van der Waals surface area contributed by atoms with E-state index in [0.29, 0.717) is 33.9 Å². The van der Waals surface area contributed by atoms with E-state index >= 15 is 0 Å². The van der Waals surface area contributed by atoms with Gasteiger partial charge in [0, 0.05) is 22.1 Å². The zero-order valence-corrected chi connectivity index (χ0v) is 16.4. The van der Waals surface area contributed by atoms with Crippen molar-refractivity contribution in [2.24, 2.45) is 0 Å². The predicted molar refractivity (Wildman–Crippen MR) is 106 cm³/mol. The summed E-state index contributed by atoms with van der Waals surface area (Å²) in [5, 5.41) is 11.2. The van der Waals surface area contributed by atoms with Crippen molar-refractivity contribution in [3.63, 3.8) is 0 Å². The van der Waals surface area contributed by atoms with Gasteiger partial charge >= 0.3 is 0 Å². The van der Waals surface area contributed by atoms with Gasteiger partial charge in [-0.2, -0.15) is 0 Å². The number of hydrogen-bond donors (Lipinski definition) is 1. The molecule has 28 heavy (non-hydrogen) atoms. The van der Waals surface area contributed by atoms with Crippen LogP contribution < -0.4 is 4.74 Å². The van der Waals surface area contributed by atoms with Crippen molar-refractivity contribution in [1.29, 1.82) is 0 Å². The molecule has 7 heteroatoms. The lowest BCUT2D eigenvalue weighted by atomic mass is 10.0. The molecule has 2 aromatic carbocycles. The Hall–Kier alpha value is -2.02. The lowest BCUT2D eigenvalue weighted by Gasteiger charge is -2.12. The Morgan fingerprint density at radius 3 is 2.36 bits per heavy atom. The van der Waals surface area contributed by atoms with Gasteiger partial charge < -0.3 is 9.84 Å². The molecule has 0 aliphatic heterocycles. The summed E-state index contributed by atoms with van der Waals surface area (Å²) >= 11 is 7.14. The van der Waals surface area contributed by atoms with Crippen LogP contribution in [-0.4, -0.2) is 11.7 Å². The molecule has 3 aromatic rings. The number of hydrogen-bond acceptors (Lipinski definition) is 3. The van der Waals surface area contributed by atoms with E-state index < -0.39 is 24.1 Å². The monoisotopic (exact) mass is 426 g/mol. The van der Waals surface area contributed by atoms with Crippen molar-refractivity contribution in [1.82, 2.24) is 0 Å². The summed E-state index contributed by atoms with van der Waals surface area (Å²) in [6.45, 7) is -0.911. The maximum atomic E-state index is 14.3. The van der Waals surface area contributed by atoms with Crippen LogP contribution in [0.4, 0.5) is 13.2 Å². The molecule has 0 bridgehead atoms. The van der Waals surface area contributed by atoms with Crippen LogP contribution in [-0.2, 0) is 19.7 Å². The van der Waals surface area contributed by atoms with E-state index in [1.54, 1.807) is 29.6 Å². The molecule has 0 radical (unpaired) electrons. The summed E-state index contributed by atoms with van der Waals surface area (Å²) in [4.78, 5) is 0.449. The average Bonchev–Trinajstić information content (AvgIpc) is 3.09. The summed E-state index contributed by atoms with van der Waals surface area (Å²) in [7, 11) is 0. The van der Waals surface area contributed by atoms with Gasteiger partial charge in [0.05, 0.1) is 0 Å². The third-order valence-corrected chi connectivity index (χ3v) is 5.55. The molecule has 3 rings (SSSR count). The van der Waals surface area contributed by atoms with Crippen LogP contribution in [0.15, 0.2) is 41.8 Å². The van der Waals surface area contributed by atoms with Crippen LogP contribution >= 0.6 is 22.9 Å². The summed E-state index contributed by atoms with van der Waals surface area (Å²) in [6, 6.07) is 9.42. The predicted octanol–water partition coefficient (Wildman–Crippen LogP) is 6.32. The lowest BCUT2D eigenvalue weighted by Crippen LogP contribution is -2.03. The van der Waals surface area contributed by atoms with Crippen LogP contribution in [0.5, 0.6) is 5.75 Å². The van der Waals surface area contributed by atoms with Crippen molar-refractivity contribution in [3.8, 4) is 16.9 Å². The van der Waals surface area contributed by atoms with Gasteiger partial charge in [0.1, 0.15) is 13.3 Å². The minimum Gasteiger partial charge on any atom is -0.483 e. The highest BCUT2D eigenvalue weighted by Gasteiger charge is 2.18. The molecule has 0 amide bonds. The highest BCUT2D eigenvalue weighted by Crippen LogP contribution is 2.34. The highest BCUT2D eigenvalue weighted by atomic mass is 35.5. The largest absolute Gasteiger partial charge is 0.483 e. The summed E-state index contributed by atoms with van der Waals surface area (Å²) in [6.07, 6.45) is 0.778. The van der Waals surface area contributed by atoms with Crippen LogP contribution in [0.3, 0.4) is 0 Å². The van der Waals surface area contributed by atoms with E-state index in [1.165, 1.54) is 23.5 Å². The van der Waals surface area contributed by atoms with Crippen LogP contribution in [0.25, 0.3) is 11.1 Å². The molecular weight excluding hydrogens is 409 g/mol. The maximum absolute atomic E-state index is 14.3. The van der Waals surface area contributed by atoms with Gasteiger partial charge in [0.15, 0.2) is 17.4 Å². The van der Waals surface area contributed by atoms with Gasteiger partial charge in [-0.25, -0.2) is 13.2 Å². The normalized spacial score (nSPS) is 11.0. The first-order valence-corrected chi connectivity index (χ1v) is 9.92. The fourth-order valence-corrected chi connectivity index (χ4v) is 3.93. The first-order chi connectivity index (χ1) is 13.5. The second-order valence-corrected chi connectivity index (χ2v) is 7.60. The van der Waals surface area contributed by atoms with E-state index in [9.17, 15) is 13.2 Å². The van der Waals surface area contributed by atoms with Crippen molar-refractivity contribution in [3.05, 3.63) is 74.4 Å². The Bertz CT molecular complexity index is 918. The Morgan fingerprint density at radius 2 is 1.75 bits per heavy atom. The molecular formula is C21H18ClF3O2S. The number of ether oxygens (including phenoxy) is 1. The number of aryl methyl sites for hydroxylation is 1. The smallest absolute Gasteiger partial charge is 0.191 e. The fourth-order valence-electron chi connectivity index (χ4n) is 2.89. The third kappa shape index (κ3) is 4.69. The standard InChI is InChI=1S/C21H18ClF3O2S/c22-15-5-3-14(4-6-15)17-12-28-20(10-23)16(17)11-27-21-18(24)8-13(2-1-7-26)9-19(21)25/h3-6,8-9,12,26H,1-2,7,10-11H2. The quantitative estimate of drug-likeness (QED) is 0.456. The number of rotatable bonds is 8. The molecule has 0 spiro atoms. The number of alkyl halides is 1. The van der Waals surface area contributed by atoms with E-state index in [1.807, 2.05) is 0 Å². The second kappa shape index (κ2) is 9.45. The molecule has 0 aliphatic rings. The van der Waals surface area contributed by atoms with E-state index in [0.717, 1.165) is 11.1 Å². The SMILES string of the molecule is OCCCc1cc(F)c(OCc2c(-c3ccc(Cl)cc3)csc2CF)c(F)c1. The van der Waals surface area contributed by atoms with Gasteiger partial charge in [0.25, 0.3) is 0 Å². The van der Waals surface area contributed by atoms with Crippen molar-refractivity contribution in [2.45, 2.75) is 26.1 Å². The Morgan fingerprint density at radius 1 is 1.07 bits per heavy atom. The molecule has 2 nitrogen and oxygen atoms in total. The van der Waals surface area contributed by atoms with Crippen molar-refractivity contribution < 1.29 is 23.0 Å². The van der Waals surface area contributed by atoms with Crippen molar-refractivity contribution in [2.75, 3.05) is 6.61 Å². The van der Waals surface area contributed by atoms with Gasteiger partial charge in [-0.1, -0.05) is 23.7 Å². The number of aliphatic hydroxyl groups excluding tert-OH is 1. The van der Waals surface area contributed by atoms with E-state index in [4.69, 9.17) is 21.4 Å². The molecule has 1 aromatic heterocycles. The zero-order chi connectivity index (χ0) is 20.1. The van der Waals surface area contributed by atoms with E-state index in [2.05, 4.69) is 0 Å².